The van der Waals surface area contributed by atoms with E-state index in [0.29, 0.717) is 41.0 Å². The maximum absolute atomic E-state index is 6.21. The Kier molecular flexibility index (Phi) is 6.22. The largest absolute Gasteiger partial charge is 0.493 e. The number of piperidine rings is 1. The summed E-state index contributed by atoms with van der Waals surface area (Å²) in [6.45, 7) is 5.97. The van der Waals surface area contributed by atoms with Crippen LogP contribution in [0.5, 0.6) is 11.5 Å². The first-order valence-corrected chi connectivity index (χ1v) is 11.4. The van der Waals surface area contributed by atoms with Crippen molar-refractivity contribution in [3.05, 3.63) is 42.9 Å². The zero-order valence-electron chi connectivity index (χ0n) is 19.4. The summed E-state index contributed by atoms with van der Waals surface area (Å²) in [7, 11) is 1.62. The molecule has 34 heavy (non-hydrogen) atoms. The highest BCUT2D eigenvalue weighted by molar-refractivity contribution is 5.88. The summed E-state index contributed by atoms with van der Waals surface area (Å²) >= 11 is 0. The molecule has 176 valence electrons. The topological polar surface area (TPSA) is 117 Å². The van der Waals surface area contributed by atoms with Crippen LogP contribution in [0, 0.1) is 5.92 Å². The fourth-order valence-corrected chi connectivity index (χ4v) is 4.15. The summed E-state index contributed by atoms with van der Waals surface area (Å²) in [6, 6.07) is 9.26. The third-order valence-electron chi connectivity index (χ3n) is 6.17. The van der Waals surface area contributed by atoms with E-state index < -0.39 is 0 Å². The highest BCUT2D eigenvalue weighted by Crippen LogP contribution is 2.34. The van der Waals surface area contributed by atoms with E-state index in [9.17, 15) is 0 Å². The predicted octanol–water partition coefficient (Wildman–Crippen LogP) is 2.97. The average molecular weight is 461 g/mol. The number of methoxy groups -OCH3 is 1. The second kappa shape index (κ2) is 9.60. The van der Waals surface area contributed by atoms with Gasteiger partial charge in [0.15, 0.2) is 17.3 Å². The van der Waals surface area contributed by atoms with Crippen LogP contribution in [-0.4, -0.2) is 68.0 Å². The van der Waals surface area contributed by atoms with E-state index in [-0.39, 0.29) is 5.95 Å². The van der Waals surface area contributed by atoms with Gasteiger partial charge in [0, 0.05) is 24.2 Å². The number of rotatable bonds is 7. The van der Waals surface area contributed by atoms with Crippen LogP contribution < -0.4 is 15.2 Å². The molecule has 0 amide bonds. The van der Waals surface area contributed by atoms with E-state index in [1.165, 1.54) is 23.9 Å². The van der Waals surface area contributed by atoms with Gasteiger partial charge in [-0.15, -0.1) is 5.10 Å². The third-order valence-corrected chi connectivity index (χ3v) is 6.17. The standard InChI is InChI=1S/C24H28N8O2/c1-16-6-9-31(10-7-16)11-12-34-21-13-17-19(14-20(21)33-2)27-15-28-23(17)32-24(25)29-22(30-32)18-5-3-4-8-26-18/h3-5,8,13-16H,6-7,9-12H2,1-2H3,(H2,25,29,30). The number of likely N-dealkylation sites (tertiary alicyclic amines) is 1. The van der Waals surface area contributed by atoms with Crippen molar-refractivity contribution < 1.29 is 9.47 Å². The van der Waals surface area contributed by atoms with Crippen LogP contribution >= 0.6 is 0 Å². The first-order valence-electron chi connectivity index (χ1n) is 11.4. The molecular weight excluding hydrogens is 432 g/mol. The van der Waals surface area contributed by atoms with Crippen LogP contribution in [0.2, 0.25) is 0 Å². The van der Waals surface area contributed by atoms with Crippen LogP contribution in [0.25, 0.3) is 28.2 Å². The smallest absolute Gasteiger partial charge is 0.225 e. The van der Waals surface area contributed by atoms with Crippen molar-refractivity contribution in [2.75, 3.05) is 39.1 Å². The molecule has 2 N–H and O–H groups in total. The number of nitrogen functional groups attached to an aromatic ring is 1. The van der Waals surface area contributed by atoms with E-state index in [1.54, 1.807) is 13.3 Å². The Labute approximate surface area is 197 Å². The molecule has 4 aromatic rings. The Balaban J connectivity index is 1.44. The Morgan fingerprint density at radius 3 is 2.71 bits per heavy atom. The number of hydrogen-bond donors (Lipinski definition) is 1. The molecule has 0 spiro atoms. The minimum Gasteiger partial charge on any atom is -0.493 e. The Bertz CT molecular complexity index is 1270. The number of hydrogen-bond acceptors (Lipinski definition) is 9. The number of pyridine rings is 1. The molecule has 0 aliphatic carbocycles. The summed E-state index contributed by atoms with van der Waals surface area (Å²) in [6.07, 6.45) is 5.63. The molecule has 0 unspecified atom stereocenters. The lowest BCUT2D eigenvalue weighted by molar-refractivity contribution is 0.159. The number of ether oxygens (including phenoxy) is 2. The fourth-order valence-electron chi connectivity index (χ4n) is 4.15. The summed E-state index contributed by atoms with van der Waals surface area (Å²) < 4.78 is 13.2. The molecule has 1 saturated heterocycles. The Morgan fingerprint density at radius 2 is 1.94 bits per heavy atom. The molecule has 0 atom stereocenters. The maximum atomic E-state index is 6.21. The van der Waals surface area contributed by atoms with Gasteiger partial charge in [0.2, 0.25) is 11.8 Å². The Hall–Kier alpha value is -3.79. The highest BCUT2D eigenvalue weighted by atomic mass is 16.5. The number of aromatic nitrogens is 6. The number of benzene rings is 1. The summed E-state index contributed by atoms with van der Waals surface area (Å²) in [4.78, 5) is 20.0. The van der Waals surface area contributed by atoms with Gasteiger partial charge in [-0.1, -0.05) is 13.0 Å². The van der Waals surface area contributed by atoms with Crippen LogP contribution in [0.3, 0.4) is 0 Å². The normalized spacial score (nSPS) is 15.0. The van der Waals surface area contributed by atoms with Gasteiger partial charge in [0.25, 0.3) is 0 Å². The zero-order valence-corrected chi connectivity index (χ0v) is 19.4. The maximum Gasteiger partial charge on any atom is 0.225 e. The third kappa shape index (κ3) is 4.49. The minimum atomic E-state index is 0.207. The van der Waals surface area contributed by atoms with Crippen molar-refractivity contribution in [3.63, 3.8) is 0 Å². The van der Waals surface area contributed by atoms with Gasteiger partial charge in [-0.05, 0) is 50.0 Å². The summed E-state index contributed by atoms with van der Waals surface area (Å²) in [5.74, 6) is 3.18. The van der Waals surface area contributed by atoms with Crippen molar-refractivity contribution in [1.29, 1.82) is 0 Å². The molecule has 1 aliphatic rings. The molecule has 5 rings (SSSR count). The summed E-state index contributed by atoms with van der Waals surface area (Å²) in [5, 5.41) is 5.28. The van der Waals surface area contributed by atoms with Gasteiger partial charge in [-0.2, -0.15) is 9.67 Å². The molecule has 0 saturated carbocycles. The monoisotopic (exact) mass is 460 g/mol. The molecule has 3 aromatic heterocycles. The first-order chi connectivity index (χ1) is 16.6. The molecule has 0 bridgehead atoms. The SMILES string of the molecule is COc1cc2ncnc(-n3nc(-c4ccccn4)nc3N)c2cc1OCCN1CCC(C)CC1. The predicted molar refractivity (Wildman–Crippen MR) is 129 cm³/mol. The second-order valence-corrected chi connectivity index (χ2v) is 8.51. The van der Waals surface area contributed by atoms with Crippen LogP contribution in [0.1, 0.15) is 19.8 Å². The summed E-state index contributed by atoms with van der Waals surface area (Å²) in [5.41, 5.74) is 7.53. The van der Waals surface area contributed by atoms with E-state index in [1.807, 2.05) is 30.3 Å². The highest BCUT2D eigenvalue weighted by Gasteiger charge is 2.19. The Morgan fingerprint density at radius 1 is 1.09 bits per heavy atom. The van der Waals surface area contributed by atoms with Crippen molar-refractivity contribution in [2.24, 2.45) is 5.92 Å². The van der Waals surface area contributed by atoms with Gasteiger partial charge in [-0.3, -0.25) is 9.88 Å². The van der Waals surface area contributed by atoms with Crippen LogP contribution in [-0.2, 0) is 0 Å². The van der Waals surface area contributed by atoms with Gasteiger partial charge in [-0.25, -0.2) is 9.97 Å². The lowest BCUT2D eigenvalue weighted by Gasteiger charge is -2.30. The van der Waals surface area contributed by atoms with Gasteiger partial charge in [0.1, 0.15) is 18.6 Å². The van der Waals surface area contributed by atoms with Crippen molar-refractivity contribution in [1.82, 2.24) is 34.6 Å². The van der Waals surface area contributed by atoms with Crippen LogP contribution in [0.15, 0.2) is 42.9 Å². The van der Waals surface area contributed by atoms with E-state index in [0.717, 1.165) is 30.9 Å². The molecule has 10 heteroatoms. The lowest BCUT2D eigenvalue weighted by Crippen LogP contribution is -2.35. The number of anilines is 1. The molecular formula is C24H28N8O2. The van der Waals surface area contributed by atoms with Crippen molar-refractivity contribution in [2.45, 2.75) is 19.8 Å². The van der Waals surface area contributed by atoms with Crippen molar-refractivity contribution >= 4 is 16.9 Å². The first kappa shape index (κ1) is 22.0. The number of nitrogens with zero attached hydrogens (tertiary/aromatic N) is 7. The second-order valence-electron chi connectivity index (χ2n) is 8.51. The lowest BCUT2D eigenvalue weighted by atomic mass is 9.99. The van der Waals surface area contributed by atoms with Gasteiger partial charge in [0.05, 0.1) is 12.6 Å². The van der Waals surface area contributed by atoms with Gasteiger partial charge >= 0.3 is 0 Å². The molecule has 1 aromatic carbocycles. The molecule has 0 radical (unpaired) electrons. The molecule has 1 aliphatic heterocycles. The van der Waals surface area contributed by atoms with E-state index >= 15 is 0 Å². The number of nitrogens with two attached hydrogens (primary N) is 1. The fraction of sp³-hybridized carbons (Fsp3) is 0.375. The molecule has 1 fully saturated rings. The molecule has 4 heterocycles. The van der Waals surface area contributed by atoms with Crippen LogP contribution in [0.4, 0.5) is 5.95 Å². The average Bonchev–Trinajstić information content (AvgIpc) is 3.26. The quantitative estimate of drug-likeness (QED) is 0.444. The minimum absolute atomic E-state index is 0.207. The molecule has 10 nitrogen and oxygen atoms in total. The number of fused-ring (bicyclic) bond motifs is 1. The van der Waals surface area contributed by atoms with E-state index in [2.05, 4.69) is 36.9 Å². The van der Waals surface area contributed by atoms with Crippen molar-refractivity contribution in [3.8, 4) is 28.8 Å². The van der Waals surface area contributed by atoms with Gasteiger partial charge < -0.3 is 15.2 Å². The van der Waals surface area contributed by atoms with E-state index in [4.69, 9.17) is 15.2 Å². The zero-order chi connectivity index (χ0) is 23.5.